The van der Waals surface area contributed by atoms with Gasteiger partial charge in [-0.15, -0.1) is 0 Å². The van der Waals surface area contributed by atoms with Crippen molar-refractivity contribution in [2.24, 2.45) is 5.92 Å². The first-order chi connectivity index (χ1) is 12.3. The van der Waals surface area contributed by atoms with Gasteiger partial charge in [0.15, 0.2) is 0 Å². The van der Waals surface area contributed by atoms with Gasteiger partial charge in [-0.1, -0.05) is 32.4 Å². The lowest BCUT2D eigenvalue weighted by Gasteiger charge is -2.08. The van der Waals surface area contributed by atoms with Crippen molar-refractivity contribution >= 4 is 29.2 Å². The van der Waals surface area contributed by atoms with Gasteiger partial charge in [-0.05, 0) is 43.5 Å². The lowest BCUT2D eigenvalue weighted by Crippen LogP contribution is -2.14. The summed E-state index contributed by atoms with van der Waals surface area (Å²) in [5.41, 5.74) is 1.94. The van der Waals surface area contributed by atoms with Gasteiger partial charge in [0.25, 0.3) is 5.91 Å². The van der Waals surface area contributed by atoms with Crippen molar-refractivity contribution < 1.29 is 14.3 Å². The van der Waals surface area contributed by atoms with Crippen LogP contribution in [0.3, 0.4) is 0 Å². The van der Waals surface area contributed by atoms with Crippen LogP contribution in [0.25, 0.3) is 0 Å². The predicted octanol–water partition coefficient (Wildman–Crippen LogP) is 4.32. The molecule has 0 aliphatic rings. The lowest BCUT2D eigenvalue weighted by molar-refractivity contribution is 0.0505. The summed E-state index contributed by atoms with van der Waals surface area (Å²) in [6.45, 7) is 8.82. The molecule has 2 rings (SSSR count). The monoisotopic (exact) mass is 377 g/mol. The Morgan fingerprint density at radius 2 is 1.92 bits per heavy atom. The van der Waals surface area contributed by atoms with Crippen molar-refractivity contribution in [1.29, 1.82) is 0 Å². The van der Waals surface area contributed by atoms with E-state index >= 15 is 0 Å². The molecule has 140 valence electrons. The van der Waals surface area contributed by atoms with E-state index in [1.165, 1.54) is 0 Å². The Labute approximate surface area is 158 Å². The molecule has 26 heavy (non-hydrogen) atoms. The van der Waals surface area contributed by atoms with Gasteiger partial charge < -0.3 is 10.1 Å². The summed E-state index contributed by atoms with van der Waals surface area (Å²) in [4.78, 5) is 24.4. The summed E-state index contributed by atoms with van der Waals surface area (Å²) in [7, 11) is 0. The topological polar surface area (TPSA) is 73.2 Å². The molecule has 1 N–H and O–H groups in total. The van der Waals surface area contributed by atoms with Crippen molar-refractivity contribution in [1.82, 2.24) is 9.78 Å². The first-order valence-electron chi connectivity index (χ1n) is 8.64. The number of halogens is 1. The maximum absolute atomic E-state index is 12.6. The Morgan fingerprint density at radius 3 is 2.50 bits per heavy atom. The molecule has 0 fully saturated rings. The van der Waals surface area contributed by atoms with Crippen LogP contribution in [0.15, 0.2) is 24.3 Å². The predicted molar refractivity (Wildman–Crippen MR) is 102 cm³/mol. The Bertz CT molecular complexity index is 782. The Balaban J connectivity index is 2.10. The maximum atomic E-state index is 12.6. The van der Waals surface area contributed by atoms with Crippen molar-refractivity contribution in [2.75, 3.05) is 11.9 Å². The standard InChI is InChI=1S/C19H24ClN3O3/c1-5-10-26-19(25)14-6-8-15(9-7-14)21-18(24)16-13(4)22-23(17(16)20)11-12(2)3/h6-9,12H,5,10-11H2,1-4H3,(H,21,24). The fourth-order valence-corrected chi connectivity index (χ4v) is 2.77. The van der Waals surface area contributed by atoms with Crippen LogP contribution in [0.1, 0.15) is 53.6 Å². The zero-order chi connectivity index (χ0) is 19.3. The van der Waals surface area contributed by atoms with Crippen LogP contribution < -0.4 is 5.32 Å². The van der Waals surface area contributed by atoms with E-state index in [1.54, 1.807) is 35.9 Å². The summed E-state index contributed by atoms with van der Waals surface area (Å²) < 4.78 is 6.72. The highest BCUT2D eigenvalue weighted by Crippen LogP contribution is 2.22. The molecule has 2 aromatic rings. The Kier molecular flexibility index (Phi) is 6.80. The molecule has 0 bridgehead atoms. The highest BCUT2D eigenvalue weighted by atomic mass is 35.5. The summed E-state index contributed by atoms with van der Waals surface area (Å²) in [5.74, 6) is -0.342. The van der Waals surface area contributed by atoms with Gasteiger partial charge >= 0.3 is 5.97 Å². The summed E-state index contributed by atoms with van der Waals surface area (Å²) in [5, 5.41) is 7.46. The third-order valence-corrected chi connectivity index (χ3v) is 4.03. The molecule has 7 heteroatoms. The van der Waals surface area contributed by atoms with Crippen molar-refractivity contribution in [3.63, 3.8) is 0 Å². The highest BCUT2D eigenvalue weighted by Gasteiger charge is 2.21. The molecule has 0 aliphatic heterocycles. The van der Waals surface area contributed by atoms with Gasteiger partial charge in [0, 0.05) is 12.2 Å². The second-order valence-corrected chi connectivity index (χ2v) is 6.85. The molecule has 1 heterocycles. The fourth-order valence-electron chi connectivity index (χ4n) is 2.44. The minimum absolute atomic E-state index is 0.327. The van der Waals surface area contributed by atoms with E-state index in [9.17, 15) is 9.59 Å². The lowest BCUT2D eigenvalue weighted by atomic mass is 10.2. The molecule has 0 spiro atoms. The van der Waals surface area contributed by atoms with Gasteiger partial charge in [0.05, 0.1) is 23.4 Å². The molecule has 6 nitrogen and oxygen atoms in total. The number of amides is 1. The number of nitrogens with zero attached hydrogens (tertiary/aromatic N) is 2. The van der Waals surface area contributed by atoms with Gasteiger partial charge in [-0.25, -0.2) is 4.79 Å². The van der Waals surface area contributed by atoms with Gasteiger partial charge in [-0.2, -0.15) is 5.10 Å². The molecule has 0 saturated carbocycles. The van der Waals surface area contributed by atoms with E-state index in [0.29, 0.717) is 46.7 Å². The average Bonchev–Trinajstić information content (AvgIpc) is 2.86. The maximum Gasteiger partial charge on any atom is 0.338 e. The molecule has 1 aromatic carbocycles. The van der Waals surface area contributed by atoms with Crippen LogP contribution in [-0.2, 0) is 11.3 Å². The third kappa shape index (κ3) is 4.85. The molecule has 0 unspecified atom stereocenters. The normalized spacial score (nSPS) is 10.8. The first kappa shape index (κ1) is 20.0. The van der Waals surface area contributed by atoms with Gasteiger partial charge in [0.1, 0.15) is 5.15 Å². The smallest absolute Gasteiger partial charge is 0.338 e. The number of hydrogen-bond donors (Lipinski definition) is 1. The second-order valence-electron chi connectivity index (χ2n) is 6.49. The fraction of sp³-hybridized carbons (Fsp3) is 0.421. The largest absolute Gasteiger partial charge is 0.462 e. The first-order valence-corrected chi connectivity index (χ1v) is 9.02. The van der Waals surface area contributed by atoms with E-state index < -0.39 is 0 Å². The van der Waals surface area contributed by atoms with E-state index in [0.717, 1.165) is 6.42 Å². The van der Waals surface area contributed by atoms with Gasteiger partial charge in [0.2, 0.25) is 0 Å². The number of carbonyl (C=O) groups is 2. The molecule has 1 aromatic heterocycles. The van der Waals surface area contributed by atoms with Crippen LogP contribution >= 0.6 is 11.6 Å². The number of rotatable bonds is 7. The number of carbonyl (C=O) groups excluding carboxylic acids is 2. The van der Waals surface area contributed by atoms with E-state index in [1.807, 2.05) is 6.92 Å². The number of esters is 1. The van der Waals surface area contributed by atoms with E-state index in [-0.39, 0.29) is 11.9 Å². The average molecular weight is 378 g/mol. The molecular weight excluding hydrogens is 354 g/mol. The molecule has 0 saturated heterocycles. The van der Waals surface area contributed by atoms with Crippen LogP contribution in [-0.4, -0.2) is 28.3 Å². The van der Waals surface area contributed by atoms with Crippen LogP contribution in [0.4, 0.5) is 5.69 Å². The molecular formula is C19H24ClN3O3. The van der Waals surface area contributed by atoms with Crippen molar-refractivity contribution in [2.45, 2.75) is 40.7 Å². The summed E-state index contributed by atoms with van der Waals surface area (Å²) in [6, 6.07) is 6.54. The van der Waals surface area contributed by atoms with Crippen LogP contribution in [0.2, 0.25) is 5.15 Å². The molecule has 0 atom stereocenters. The number of anilines is 1. The number of aryl methyl sites for hydroxylation is 1. The van der Waals surface area contributed by atoms with Crippen LogP contribution in [0.5, 0.6) is 0 Å². The Hall–Kier alpha value is -2.34. The molecule has 0 radical (unpaired) electrons. The number of ether oxygens (including phenoxy) is 1. The third-order valence-electron chi connectivity index (χ3n) is 3.65. The van der Waals surface area contributed by atoms with Crippen molar-refractivity contribution in [3.8, 4) is 0 Å². The summed E-state index contributed by atoms with van der Waals surface area (Å²) in [6.07, 6.45) is 0.768. The number of hydrogen-bond acceptors (Lipinski definition) is 4. The van der Waals surface area contributed by atoms with Gasteiger partial charge in [-0.3, -0.25) is 9.48 Å². The number of nitrogens with one attached hydrogen (secondary N) is 1. The van der Waals surface area contributed by atoms with E-state index in [2.05, 4.69) is 24.3 Å². The number of aromatic nitrogens is 2. The van der Waals surface area contributed by atoms with Crippen LogP contribution in [0, 0.1) is 12.8 Å². The SMILES string of the molecule is CCCOC(=O)c1ccc(NC(=O)c2c(C)nn(CC(C)C)c2Cl)cc1. The number of benzene rings is 1. The highest BCUT2D eigenvalue weighted by molar-refractivity contribution is 6.33. The zero-order valence-electron chi connectivity index (χ0n) is 15.5. The molecule has 1 amide bonds. The second kappa shape index (κ2) is 8.85. The Morgan fingerprint density at radius 1 is 1.27 bits per heavy atom. The minimum Gasteiger partial charge on any atom is -0.462 e. The summed E-state index contributed by atoms with van der Waals surface area (Å²) >= 11 is 6.33. The van der Waals surface area contributed by atoms with E-state index in [4.69, 9.17) is 16.3 Å². The zero-order valence-corrected chi connectivity index (χ0v) is 16.3. The minimum atomic E-state index is -0.376. The quantitative estimate of drug-likeness (QED) is 0.729. The molecule has 0 aliphatic carbocycles. The van der Waals surface area contributed by atoms with Crippen molar-refractivity contribution in [3.05, 3.63) is 46.2 Å².